The molecule has 0 aliphatic carbocycles. The van der Waals surface area contributed by atoms with Crippen LogP contribution in [0.4, 0.5) is 4.39 Å². The van der Waals surface area contributed by atoms with E-state index in [1.807, 2.05) is 6.07 Å². The van der Waals surface area contributed by atoms with E-state index in [2.05, 4.69) is 33.0 Å². The van der Waals surface area contributed by atoms with Crippen molar-refractivity contribution in [2.24, 2.45) is 5.92 Å². The van der Waals surface area contributed by atoms with E-state index in [-0.39, 0.29) is 17.5 Å². The molecule has 2 rings (SSSR count). The van der Waals surface area contributed by atoms with Crippen LogP contribution >= 0.6 is 0 Å². The van der Waals surface area contributed by atoms with E-state index in [0.29, 0.717) is 11.7 Å². The quantitative estimate of drug-likeness (QED) is 0.885. The Labute approximate surface area is 109 Å². The zero-order valence-electron chi connectivity index (χ0n) is 11.6. The molecule has 1 aliphatic heterocycles. The summed E-state index contributed by atoms with van der Waals surface area (Å²) in [7, 11) is 0. The molecule has 18 heavy (non-hydrogen) atoms. The fourth-order valence-electron chi connectivity index (χ4n) is 2.47. The smallest absolute Gasteiger partial charge is 0.127 e. The molecular formula is C15H22FNO. The Morgan fingerprint density at radius 2 is 2.22 bits per heavy atom. The molecule has 1 aromatic carbocycles. The van der Waals surface area contributed by atoms with Crippen LogP contribution in [0.15, 0.2) is 18.2 Å². The lowest BCUT2D eigenvalue weighted by Crippen LogP contribution is -2.45. The lowest BCUT2D eigenvalue weighted by atomic mass is 9.81. The van der Waals surface area contributed by atoms with Gasteiger partial charge >= 0.3 is 0 Å². The van der Waals surface area contributed by atoms with E-state index in [0.717, 1.165) is 18.5 Å². The van der Waals surface area contributed by atoms with E-state index >= 15 is 0 Å². The normalized spacial score (nSPS) is 26.9. The number of hydrogen-bond donors (Lipinski definition) is 1. The molecule has 100 valence electrons. The van der Waals surface area contributed by atoms with Gasteiger partial charge in [0, 0.05) is 24.1 Å². The average Bonchev–Trinajstić information content (AvgIpc) is 2.28. The second-order valence-corrected chi connectivity index (χ2v) is 5.57. The van der Waals surface area contributed by atoms with Crippen molar-refractivity contribution in [1.29, 1.82) is 0 Å². The van der Waals surface area contributed by atoms with Crippen LogP contribution in [0.1, 0.15) is 45.7 Å². The summed E-state index contributed by atoms with van der Waals surface area (Å²) in [6.45, 7) is 9.39. The third-order valence-electron chi connectivity index (χ3n) is 3.98. The molecule has 2 nitrogen and oxygen atoms in total. The van der Waals surface area contributed by atoms with Gasteiger partial charge in [0.2, 0.25) is 0 Å². The third kappa shape index (κ3) is 2.37. The molecular weight excluding hydrogens is 229 g/mol. The van der Waals surface area contributed by atoms with Crippen LogP contribution in [0, 0.1) is 11.7 Å². The van der Waals surface area contributed by atoms with Crippen molar-refractivity contribution in [3.63, 3.8) is 0 Å². The van der Waals surface area contributed by atoms with Gasteiger partial charge in [0.15, 0.2) is 0 Å². The van der Waals surface area contributed by atoms with Crippen molar-refractivity contribution >= 4 is 0 Å². The number of benzene rings is 1. The highest BCUT2D eigenvalue weighted by molar-refractivity contribution is 5.39. The summed E-state index contributed by atoms with van der Waals surface area (Å²) in [5, 5.41) is 3.47. The van der Waals surface area contributed by atoms with Gasteiger partial charge in [0.25, 0.3) is 0 Å². The van der Waals surface area contributed by atoms with Crippen molar-refractivity contribution in [2.75, 3.05) is 6.54 Å². The minimum atomic E-state index is -0.242. The van der Waals surface area contributed by atoms with E-state index < -0.39 is 0 Å². The molecule has 0 amide bonds. The standard InChI is InChI=1S/C15H22FNO/c1-5-17-13-9-15(4,10(2)3)18-14-8-11(16)6-7-12(13)14/h6-8,10,13,17H,5,9H2,1-4H3. The monoisotopic (exact) mass is 251 g/mol. The van der Waals surface area contributed by atoms with Gasteiger partial charge in [-0.25, -0.2) is 4.39 Å². The predicted molar refractivity (Wildman–Crippen MR) is 71.3 cm³/mol. The lowest BCUT2D eigenvalue weighted by Gasteiger charge is -2.42. The Kier molecular flexibility index (Phi) is 3.62. The van der Waals surface area contributed by atoms with Crippen LogP contribution in [0.25, 0.3) is 0 Å². The van der Waals surface area contributed by atoms with Crippen molar-refractivity contribution in [1.82, 2.24) is 5.32 Å². The highest BCUT2D eigenvalue weighted by Crippen LogP contribution is 2.42. The number of hydrogen-bond acceptors (Lipinski definition) is 2. The van der Waals surface area contributed by atoms with Crippen LogP contribution in [-0.4, -0.2) is 12.1 Å². The molecule has 0 aromatic heterocycles. The first-order valence-electron chi connectivity index (χ1n) is 6.68. The molecule has 1 N–H and O–H groups in total. The summed E-state index contributed by atoms with van der Waals surface area (Å²) in [4.78, 5) is 0. The average molecular weight is 251 g/mol. The first kappa shape index (κ1) is 13.3. The van der Waals surface area contributed by atoms with Gasteiger partial charge in [-0.05, 0) is 25.5 Å². The lowest BCUT2D eigenvalue weighted by molar-refractivity contribution is 0.00580. The molecule has 0 fully saturated rings. The molecule has 3 heteroatoms. The van der Waals surface area contributed by atoms with Crippen molar-refractivity contribution in [3.8, 4) is 5.75 Å². The molecule has 0 radical (unpaired) electrons. The van der Waals surface area contributed by atoms with Gasteiger partial charge in [-0.1, -0.05) is 26.8 Å². The summed E-state index contributed by atoms with van der Waals surface area (Å²) in [6.07, 6.45) is 0.914. The molecule has 0 bridgehead atoms. The van der Waals surface area contributed by atoms with Crippen LogP contribution in [0.2, 0.25) is 0 Å². The third-order valence-corrected chi connectivity index (χ3v) is 3.98. The Hall–Kier alpha value is -1.09. The van der Waals surface area contributed by atoms with Gasteiger partial charge in [-0.3, -0.25) is 0 Å². The fourth-order valence-corrected chi connectivity index (χ4v) is 2.47. The maximum Gasteiger partial charge on any atom is 0.127 e. The molecule has 1 aromatic rings. The molecule has 2 unspecified atom stereocenters. The van der Waals surface area contributed by atoms with Crippen LogP contribution in [0.5, 0.6) is 5.75 Å². The molecule has 0 spiro atoms. The Bertz CT molecular complexity index is 433. The highest BCUT2D eigenvalue weighted by atomic mass is 19.1. The van der Waals surface area contributed by atoms with Crippen LogP contribution in [-0.2, 0) is 0 Å². The molecule has 0 saturated heterocycles. The highest BCUT2D eigenvalue weighted by Gasteiger charge is 2.39. The SMILES string of the molecule is CCNC1CC(C)(C(C)C)Oc2cc(F)ccc21. The van der Waals surface area contributed by atoms with E-state index in [9.17, 15) is 4.39 Å². The van der Waals surface area contributed by atoms with Gasteiger partial charge in [0.05, 0.1) is 0 Å². The van der Waals surface area contributed by atoms with Crippen molar-refractivity contribution < 1.29 is 9.13 Å². The molecule has 1 heterocycles. The number of rotatable bonds is 3. The van der Waals surface area contributed by atoms with Gasteiger partial charge in [0.1, 0.15) is 17.2 Å². The Morgan fingerprint density at radius 1 is 1.50 bits per heavy atom. The molecule has 0 saturated carbocycles. The number of fused-ring (bicyclic) bond motifs is 1. The zero-order chi connectivity index (χ0) is 13.3. The maximum atomic E-state index is 13.4. The second kappa shape index (κ2) is 4.88. The summed E-state index contributed by atoms with van der Waals surface area (Å²) < 4.78 is 19.4. The summed E-state index contributed by atoms with van der Waals surface area (Å²) in [5.74, 6) is 0.829. The summed E-state index contributed by atoms with van der Waals surface area (Å²) >= 11 is 0. The van der Waals surface area contributed by atoms with Gasteiger partial charge in [-0.2, -0.15) is 0 Å². The maximum absolute atomic E-state index is 13.4. The number of nitrogens with one attached hydrogen (secondary N) is 1. The summed E-state index contributed by atoms with van der Waals surface area (Å²) in [6, 6.07) is 5.08. The van der Waals surface area contributed by atoms with E-state index in [1.54, 1.807) is 0 Å². The van der Waals surface area contributed by atoms with Crippen molar-refractivity contribution in [3.05, 3.63) is 29.6 Å². The predicted octanol–water partition coefficient (Wildman–Crippen LogP) is 3.67. The first-order chi connectivity index (χ1) is 8.46. The van der Waals surface area contributed by atoms with Crippen LogP contribution in [0.3, 0.4) is 0 Å². The topological polar surface area (TPSA) is 21.3 Å². The zero-order valence-corrected chi connectivity index (χ0v) is 11.6. The first-order valence-corrected chi connectivity index (χ1v) is 6.68. The molecule has 1 aliphatic rings. The molecule has 2 atom stereocenters. The Morgan fingerprint density at radius 3 is 2.83 bits per heavy atom. The van der Waals surface area contributed by atoms with Gasteiger partial charge in [-0.15, -0.1) is 0 Å². The number of ether oxygens (including phenoxy) is 1. The fraction of sp³-hybridized carbons (Fsp3) is 0.600. The largest absolute Gasteiger partial charge is 0.487 e. The van der Waals surface area contributed by atoms with E-state index in [1.165, 1.54) is 12.1 Å². The second-order valence-electron chi connectivity index (χ2n) is 5.57. The Balaban J connectivity index is 2.40. The van der Waals surface area contributed by atoms with Gasteiger partial charge < -0.3 is 10.1 Å². The van der Waals surface area contributed by atoms with Crippen LogP contribution < -0.4 is 10.1 Å². The van der Waals surface area contributed by atoms with Crippen molar-refractivity contribution in [2.45, 2.75) is 45.8 Å². The minimum absolute atomic E-state index is 0.239. The van der Waals surface area contributed by atoms with E-state index in [4.69, 9.17) is 4.74 Å². The summed E-state index contributed by atoms with van der Waals surface area (Å²) in [5.41, 5.74) is 0.824. The minimum Gasteiger partial charge on any atom is -0.487 e. The number of halogens is 1.